The summed E-state index contributed by atoms with van der Waals surface area (Å²) in [5, 5.41) is 3.53. The molecule has 4 heteroatoms. The molecule has 1 N–H and O–H groups in total. The topological polar surface area (TPSA) is 38.3 Å². The molecule has 2 bridgehead atoms. The Morgan fingerprint density at radius 1 is 1.35 bits per heavy atom. The molecule has 3 rings (SSSR count). The molecule has 108 valence electrons. The third-order valence-corrected chi connectivity index (χ3v) is 4.54. The number of hydrogen-bond acceptors (Lipinski definition) is 3. The molecule has 0 saturated carbocycles. The molecule has 2 aliphatic heterocycles. The van der Waals surface area contributed by atoms with E-state index in [0.29, 0.717) is 23.4 Å². The first kappa shape index (κ1) is 13.6. The minimum atomic E-state index is -0.320. The van der Waals surface area contributed by atoms with Crippen molar-refractivity contribution in [3.8, 4) is 5.75 Å². The summed E-state index contributed by atoms with van der Waals surface area (Å²) >= 11 is 0. The van der Waals surface area contributed by atoms with Crippen LogP contribution in [0.25, 0.3) is 0 Å². The maximum Gasteiger partial charge on any atom is 0.140 e. The van der Waals surface area contributed by atoms with Crippen LogP contribution in [0.3, 0.4) is 0 Å². The normalized spacial score (nSPS) is 28.4. The zero-order valence-electron chi connectivity index (χ0n) is 11.7. The summed E-state index contributed by atoms with van der Waals surface area (Å²) in [7, 11) is 1.55. The van der Waals surface area contributed by atoms with E-state index in [9.17, 15) is 9.18 Å². The summed E-state index contributed by atoms with van der Waals surface area (Å²) in [6.45, 7) is 0. The molecule has 2 saturated heterocycles. The number of halogens is 1. The quantitative estimate of drug-likeness (QED) is 0.919. The Hall–Kier alpha value is -1.42. The number of nitrogens with one attached hydrogen (secondary N) is 1. The van der Waals surface area contributed by atoms with E-state index in [1.54, 1.807) is 13.2 Å². The van der Waals surface area contributed by atoms with E-state index in [1.165, 1.54) is 25.0 Å². The highest BCUT2D eigenvalue weighted by Gasteiger charge is 2.36. The lowest BCUT2D eigenvalue weighted by atomic mass is 9.86. The number of fused-ring (bicyclic) bond motifs is 2. The fraction of sp³-hybridized carbons (Fsp3) is 0.562. The summed E-state index contributed by atoms with van der Waals surface area (Å²) in [5.74, 6) is 0.602. The second-order valence-electron chi connectivity index (χ2n) is 5.91. The molecule has 3 nitrogen and oxygen atoms in total. The second kappa shape index (κ2) is 5.52. The van der Waals surface area contributed by atoms with Gasteiger partial charge in [-0.1, -0.05) is 0 Å². The predicted molar refractivity (Wildman–Crippen MR) is 74.3 cm³/mol. The molecule has 2 unspecified atom stereocenters. The van der Waals surface area contributed by atoms with Crippen LogP contribution in [0.1, 0.15) is 31.2 Å². The van der Waals surface area contributed by atoms with Crippen molar-refractivity contribution >= 4 is 5.78 Å². The van der Waals surface area contributed by atoms with Crippen LogP contribution in [-0.4, -0.2) is 25.0 Å². The van der Waals surface area contributed by atoms with Gasteiger partial charge in [0.05, 0.1) is 7.11 Å². The lowest BCUT2D eigenvalue weighted by Gasteiger charge is -2.28. The van der Waals surface area contributed by atoms with Crippen molar-refractivity contribution < 1.29 is 13.9 Å². The van der Waals surface area contributed by atoms with Gasteiger partial charge in [-0.2, -0.15) is 0 Å². The van der Waals surface area contributed by atoms with Gasteiger partial charge < -0.3 is 10.1 Å². The number of Topliss-reactive ketones (excluding diaryl/α,β-unsaturated/α-hetero) is 1. The maximum atomic E-state index is 13.3. The molecule has 0 radical (unpaired) electrons. The maximum absolute atomic E-state index is 13.3. The van der Waals surface area contributed by atoms with Crippen molar-refractivity contribution in [2.24, 2.45) is 5.92 Å². The van der Waals surface area contributed by atoms with Gasteiger partial charge in [0, 0.05) is 30.0 Å². The summed E-state index contributed by atoms with van der Waals surface area (Å²) in [6, 6.07) is 5.35. The second-order valence-corrected chi connectivity index (χ2v) is 5.91. The van der Waals surface area contributed by atoms with Crippen LogP contribution in [0.4, 0.5) is 4.39 Å². The van der Waals surface area contributed by atoms with E-state index < -0.39 is 0 Å². The Morgan fingerprint density at radius 3 is 2.70 bits per heavy atom. The summed E-state index contributed by atoms with van der Waals surface area (Å²) in [4.78, 5) is 12.5. The van der Waals surface area contributed by atoms with Crippen LogP contribution >= 0.6 is 0 Å². The molecule has 0 aromatic heterocycles. The van der Waals surface area contributed by atoms with Gasteiger partial charge in [0.15, 0.2) is 0 Å². The first-order valence-corrected chi connectivity index (χ1v) is 7.27. The number of rotatable bonds is 4. The lowest BCUT2D eigenvalue weighted by Crippen LogP contribution is -2.40. The number of piperidine rings is 1. The molecular weight excluding hydrogens is 257 g/mol. The summed E-state index contributed by atoms with van der Waals surface area (Å²) < 4.78 is 18.5. The van der Waals surface area contributed by atoms with Crippen LogP contribution in [0, 0.1) is 11.7 Å². The standard InChI is InChI=1S/C16H20FNO2/c1-20-16-5-2-12(17)6-11(16)9-15(19)10-7-13-3-4-14(8-10)18-13/h2,5-6,10,13-14,18H,3-4,7-9H2,1H3. The number of ether oxygens (including phenoxy) is 1. The largest absolute Gasteiger partial charge is 0.496 e. The van der Waals surface area contributed by atoms with Gasteiger partial charge in [0.2, 0.25) is 0 Å². The number of hydrogen-bond donors (Lipinski definition) is 1. The van der Waals surface area contributed by atoms with E-state index in [-0.39, 0.29) is 23.9 Å². The van der Waals surface area contributed by atoms with Gasteiger partial charge in [0.25, 0.3) is 0 Å². The third kappa shape index (κ3) is 2.70. The fourth-order valence-corrected chi connectivity index (χ4v) is 3.54. The molecule has 1 aromatic rings. The highest BCUT2D eigenvalue weighted by atomic mass is 19.1. The molecule has 0 amide bonds. The van der Waals surface area contributed by atoms with Crippen LogP contribution in [0.5, 0.6) is 5.75 Å². The van der Waals surface area contributed by atoms with E-state index in [4.69, 9.17) is 4.74 Å². The van der Waals surface area contributed by atoms with Crippen molar-refractivity contribution in [1.82, 2.24) is 5.32 Å². The highest BCUT2D eigenvalue weighted by molar-refractivity contribution is 5.84. The summed E-state index contributed by atoms with van der Waals surface area (Å²) in [5.41, 5.74) is 0.656. The Kier molecular flexibility index (Phi) is 3.74. The Labute approximate surface area is 118 Å². The average Bonchev–Trinajstić information content (AvgIpc) is 2.77. The van der Waals surface area contributed by atoms with Crippen LogP contribution in [0.15, 0.2) is 18.2 Å². The number of benzene rings is 1. The van der Waals surface area contributed by atoms with Crippen LogP contribution in [0.2, 0.25) is 0 Å². The van der Waals surface area contributed by atoms with Crippen LogP contribution in [-0.2, 0) is 11.2 Å². The lowest BCUT2D eigenvalue weighted by molar-refractivity contribution is -0.123. The summed E-state index contributed by atoms with van der Waals surface area (Å²) in [6.07, 6.45) is 4.47. The Balaban J connectivity index is 1.71. The molecule has 20 heavy (non-hydrogen) atoms. The van der Waals surface area contributed by atoms with Crippen molar-refractivity contribution in [2.75, 3.05) is 7.11 Å². The van der Waals surface area contributed by atoms with Gasteiger partial charge in [-0.3, -0.25) is 4.79 Å². The van der Waals surface area contributed by atoms with E-state index in [2.05, 4.69) is 5.32 Å². The SMILES string of the molecule is COc1ccc(F)cc1CC(=O)C1CC2CCC(C1)N2. The van der Waals surface area contributed by atoms with E-state index >= 15 is 0 Å². The molecule has 1 aromatic carbocycles. The van der Waals surface area contributed by atoms with Crippen molar-refractivity contribution in [3.63, 3.8) is 0 Å². The smallest absolute Gasteiger partial charge is 0.140 e. The van der Waals surface area contributed by atoms with Gasteiger partial charge in [0.1, 0.15) is 17.3 Å². The van der Waals surface area contributed by atoms with Crippen molar-refractivity contribution in [1.29, 1.82) is 0 Å². The van der Waals surface area contributed by atoms with E-state index in [1.807, 2.05) is 0 Å². The number of methoxy groups -OCH3 is 1. The Bertz CT molecular complexity index is 505. The molecule has 0 spiro atoms. The van der Waals surface area contributed by atoms with Gasteiger partial charge >= 0.3 is 0 Å². The Morgan fingerprint density at radius 2 is 2.05 bits per heavy atom. The number of ketones is 1. The minimum absolute atomic E-state index is 0.113. The molecule has 2 fully saturated rings. The fourth-order valence-electron chi connectivity index (χ4n) is 3.54. The van der Waals surface area contributed by atoms with Gasteiger partial charge in [-0.25, -0.2) is 4.39 Å². The van der Waals surface area contributed by atoms with Crippen LogP contribution < -0.4 is 10.1 Å². The number of carbonyl (C=O) groups is 1. The molecule has 2 aliphatic rings. The molecular formula is C16H20FNO2. The highest BCUT2D eigenvalue weighted by Crippen LogP contribution is 2.32. The average molecular weight is 277 g/mol. The minimum Gasteiger partial charge on any atom is -0.496 e. The predicted octanol–water partition coefficient (Wildman–Crippen LogP) is 2.48. The molecule has 0 aliphatic carbocycles. The first-order chi connectivity index (χ1) is 9.65. The monoisotopic (exact) mass is 277 g/mol. The van der Waals surface area contributed by atoms with Crippen molar-refractivity contribution in [2.45, 2.75) is 44.2 Å². The zero-order chi connectivity index (χ0) is 14.1. The van der Waals surface area contributed by atoms with Crippen molar-refractivity contribution in [3.05, 3.63) is 29.6 Å². The third-order valence-electron chi connectivity index (χ3n) is 4.54. The zero-order valence-corrected chi connectivity index (χ0v) is 11.7. The number of carbonyl (C=O) groups excluding carboxylic acids is 1. The first-order valence-electron chi connectivity index (χ1n) is 7.27. The molecule has 2 atom stereocenters. The van der Waals surface area contributed by atoms with Gasteiger partial charge in [-0.15, -0.1) is 0 Å². The van der Waals surface area contributed by atoms with Gasteiger partial charge in [-0.05, 0) is 43.9 Å². The molecule has 2 heterocycles. The van der Waals surface area contributed by atoms with E-state index in [0.717, 1.165) is 12.8 Å².